The van der Waals surface area contributed by atoms with Crippen LogP contribution in [0.4, 0.5) is 19.1 Å². The molecule has 1 saturated heterocycles. The molecule has 9 nitrogen and oxygen atoms in total. The molecule has 204 valence electrons. The topological polar surface area (TPSA) is 108 Å². The summed E-state index contributed by atoms with van der Waals surface area (Å²) in [5, 5.41) is 4.89. The number of piperidine rings is 1. The lowest BCUT2D eigenvalue weighted by Crippen LogP contribution is -2.39. The molecule has 0 radical (unpaired) electrons. The molecule has 0 spiro atoms. The third-order valence-corrected chi connectivity index (χ3v) is 7.05. The number of alkyl halides is 3. The molecule has 1 amide bonds. The molecular weight excluding hydrogens is 537 g/mol. The van der Waals surface area contributed by atoms with Gasteiger partial charge in [0.2, 0.25) is 11.9 Å². The van der Waals surface area contributed by atoms with Crippen LogP contribution in [0.25, 0.3) is 27.8 Å². The molecule has 2 aromatic carbocycles. The van der Waals surface area contributed by atoms with Crippen molar-refractivity contribution in [3.8, 4) is 28.4 Å². The monoisotopic (exact) mass is 560 g/mol. The zero-order valence-corrected chi connectivity index (χ0v) is 21.8. The Morgan fingerprint density at radius 3 is 2.38 bits per heavy atom. The van der Waals surface area contributed by atoms with E-state index in [0.29, 0.717) is 65.5 Å². The van der Waals surface area contributed by atoms with Crippen molar-refractivity contribution in [1.29, 1.82) is 0 Å². The molecule has 3 heterocycles. The lowest BCUT2D eigenvalue weighted by Gasteiger charge is -2.31. The van der Waals surface area contributed by atoms with E-state index in [1.165, 1.54) is 25.0 Å². The molecule has 1 aliphatic rings. The second kappa shape index (κ2) is 10.3. The van der Waals surface area contributed by atoms with Crippen LogP contribution in [-0.2, 0) is 11.0 Å². The summed E-state index contributed by atoms with van der Waals surface area (Å²) in [5.74, 6) is 0.898. The van der Waals surface area contributed by atoms with Gasteiger partial charge in [-0.25, -0.2) is 14.6 Å². The number of anilines is 1. The van der Waals surface area contributed by atoms with Crippen LogP contribution in [0.2, 0.25) is 5.02 Å². The predicted octanol–water partition coefficient (Wildman–Crippen LogP) is 4.87. The minimum absolute atomic E-state index is 0.101. The van der Waals surface area contributed by atoms with E-state index in [-0.39, 0.29) is 22.5 Å². The summed E-state index contributed by atoms with van der Waals surface area (Å²) in [7, 11) is 3.05. The average molecular weight is 561 g/mol. The van der Waals surface area contributed by atoms with E-state index in [1.54, 1.807) is 24.5 Å². The number of aromatic nitrogens is 4. The number of benzene rings is 2. The van der Waals surface area contributed by atoms with Gasteiger partial charge in [-0.3, -0.25) is 4.79 Å². The molecule has 4 aromatic rings. The molecule has 0 bridgehead atoms. The maximum atomic E-state index is 13.1. The third-order valence-electron chi connectivity index (χ3n) is 6.75. The molecule has 5 rings (SSSR count). The first-order chi connectivity index (χ1) is 18.6. The van der Waals surface area contributed by atoms with Gasteiger partial charge < -0.3 is 20.1 Å². The minimum atomic E-state index is -4.51. The normalized spacial score (nSPS) is 14.6. The average Bonchev–Trinajstić information content (AvgIpc) is 3.40. The van der Waals surface area contributed by atoms with Crippen LogP contribution in [-0.4, -0.2) is 53.0 Å². The zero-order valence-electron chi connectivity index (χ0n) is 21.0. The number of rotatable bonds is 6. The summed E-state index contributed by atoms with van der Waals surface area (Å²) in [6.45, 7) is 1.10. The van der Waals surface area contributed by atoms with Crippen LogP contribution >= 0.6 is 11.6 Å². The van der Waals surface area contributed by atoms with Crippen LogP contribution in [0.3, 0.4) is 0 Å². The zero-order chi connectivity index (χ0) is 27.9. The smallest absolute Gasteiger partial charge is 0.416 e. The Labute approximate surface area is 226 Å². The highest BCUT2D eigenvalue weighted by molar-refractivity contribution is 6.32. The Balaban J connectivity index is 1.60. The molecule has 39 heavy (non-hydrogen) atoms. The number of nitrogens with zero attached hydrogens (tertiary/aromatic N) is 5. The van der Waals surface area contributed by atoms with E-state index in [4.69, 9.17) is 36.8 Å². The summed E-state index contributed by atoms with van der Waals surface area (Å²) in [4.78, 5) is 23.2. The van der Waals surface area contributed by atoms with Crippen molar-refractivity contribution in [2.45, 2.75) is 19.0 Å². The van der Waals surface area contributed by atoms with Crippen molar-refractivity contribution in [2.24, 2.45) is 11.7 Å². The van der Waals surface area contributed by atoms with Gasteiger partial charge in [-0.1, -0.05) is 11.6 Å². The molecule has 1 fully saturated rings. The Kier molecular flexibility index (Phi) is 6.98. The molecule has 2 aromatic heterocycles. The van der Waals surface area contributed by atoms with Gasteiger partial charge in [0.1, 0.15) is 0 Å². The number of halogens is 4. The summed E-state index contributed by atoms with van der Waals surface area (Å²) in [6.07, 6.45) is -0.157. The highest BCUT2D eigenvalue weighted by Gasteiger charge is 2.31. The molecule has 0 saturated carbocycles. The summed E-state index contributed by atoms with van der Waals surface area (Å²) in [5.41, 5.74) is 6.62. The molecule has 0 atom stereocenters. The van der Waals surface area contributed by atoms with E-state index in [2.05, 4.69) is 5.10 Å². The number of carbonyl (C=O) groups is 1. The van der Waals surface area contributed by atoms with Gasteiger partial charge >= 0.3 is 6.18 Å². The van der Waals surface area contributed by atoms with Crippen molar-refractivity contribution < 1.29 is 27.4 Å². The van der Waals surface area contributed by atoms with E-state index < -0.39 is 11.7 Å². The molecule has 0 unspecified atom stereocenters. The van der Waals surface area contributed by atoms with Gasteiger partial charge in [0, 0.05) is 42.2 Å². The lowest BCUT2D eigenvalue weighted by atomic mass is 9.96. The fraction of sp³-hybridized carbons (Fsp3) is 0.308. The SMILES string of the molecule is COc1cc2nc(N3CCC(C(N)=O)CC3)nc(-c3cnn(-c4ccc(C(F)(F)F)cc4Cl)c3)c2cc1OC. The van der Waals surface area contributed by atoms with Crippen molar-refractivity contribution >= 4 is 34.4 Å². The summed E-state index contributed by atoms with van der Waals surface area (Å²) < 4.78 is 51.6. The number of hydrogen-bond donors (Lipinski definition) is 1. The van der Waals surface area contributed by atoms with Gasteiger partial charge in [-0.05, 0) is 37.1 Å². The number of carbonyl (C=O) groups excluding carboxylic acids is 1. The van der Waals surface area contributed by atoms with Crippen molar-refractivity contribution in [1.82, 2.24) is 19.7 Å². The molecule has 13 heteroatoms. The molecule has 1 aliphatic heterocycles. The standard InChI is InChI=1S/C26H24ClF3N6O3/c1-38-21-10-17-19(11-22(21)39-2)33-25(35-7-5-14(6-8-35)24(31)37)34-23(17)15-12-32-36(13-15)20-4-3-16(9-18(20)27)26(28,29)30/h3-4,9-14H,5-8H2,1-2H3,(H2,31,37). The largest absolute Gasteiger partial charge is 0.493 e. The van der Waals surface area contributed by atoms with Crippen LogP contribution in [0.15, 0.2) is 42.7 Å². The van der Waals surface area contributed by atoms with Crippen molar-refractivity contribution in [3.63, 3.8) is 0 Å². The Hall–Kier alpha value is -4.06. The lowest BCUT2D eigenvalue weighted by molar-refractivity contribution is -0.137. The second-order valence-corrected chi connectivity index (χ2v) is 9.50. The highest BCUT2D eigenvalue weighted by Crippen LogP contribution is 2.38. The first-order valence-electron chi connectivity index (χ1n) is 12.0. The van der Waals surface area contributed by atoms with E-state index in [0.717, 1.165) is 12.1 Å². The van der Waals surface area contributed by atoms with Crippen molar-refractivity contribution in [2.75, 3.05) is 32.2 Å². The Morgan fingerprint density at radius 2 is 1.77 bits per heavy atom. The van der Waals surface area contributed by atoms with E-state index >= 15 is 0 Å². The summed E-state index contributed by atoms with van der Waals surface area (Å²) in [6, 6.07) is 6.59. The first-order valence-corrected chi connectivity index (χ1v) is 12.4. The fourth-order valence-electron chi connectivity index (χ4n) is 4.61. The highest BCUT2D eigenvalue weighted by atomic mass is 35.5. The first kappa shape index (κ1) is 26.5. The quantitative estimate of drug-likeness (QED) is 0.358. The number of nitrogens with two attached hydrogens (primary N) is 1. The van der Waals surface area contributed by atoms with Crippen LogP contribution in [0.5, 0.6) is 11.5 Å². The number of primary amides is 1. The second-order valence-electron chi connectivity index (χ2n) is 9.10. The number of ether oxygens (including phenoxy) is 2. The van der Waals surface area contributed by atoms with Crippen LogP contribution < -0.4 is 20.1 Å². The number of methoxy groups -OCH3 is 2. The predicted molar refractivity (Wildman–Crippen MR) is 139 cm³/mol. The number of fused-ring (bicyclic) bond motifs is 1. The minimum Gasteiger partial charge on any atom is -0.493 e. The molecule has 2 N–H and O–H groups in total. The number of hydrogen-bond acceptors (Lipinski definition) is 7. The summed E-state index contributed by atoms with van der Waals surface area (Å²) >= 11 is 6.20. The van der Waals surface area contributed by atoms with Gasteiger partial charge in [0.15, 0.2) is 11.5 Å². The van der Waals surface area contributed by atoms with Gasteiger partial charge in [-0.15, -0.1) is 0 Å². The maximum Gasteiger partial charge on any atom is 0.416 e. The fourth-order valence-corrected chi connectivity index (χ4v) is 4.88. The van der Waals surface area contributed by atoms with Crippen molar-refractivity contribution in [3.05, 3.63) is 53.3 Å². The van der Waals surface area contributed by atoms with Gasteiger partial charge in [-0.2, -0.15) is 18.3 Å². The number of amides is 1. The molecule has 0 aliphatic carbocycles. The van der Waals surface area contributed by atoms with Gasteiger partial charge in [0.25, 0.3) is 0 Å². The molecular formula is C26H24ClF3N6O3. The Morgan fingerprint density at radius 1 is 1.08 bits per heavy atom. The van der Waals surface area contributed by atoms with E-state index in [1.807, 2.05) is 4.90 Å². The van der Waals surface area contributed by atoms with Crippen LogP contribution in [0.1, 0.15) is 18.4 Å². The Bertz CT molecular complexity index is 1550. The van der Waals surface area contributed by atoms with Crippen LogP contribution in [0, 0.1) is 5.92 Å². The van der Waals surface area contributed by atoms with Gasteiger partial charge in [0.05, 0.1) is 47.9 Å². The van der Waals surface area contributed by atoms with E-state index in [9.17, 15) is 18.0 Å². The maximum absolute atomic E-state index is 13.1. The third kappa shape index (κ3) is 5.16.